The molecule has 0 bridgehead atoms. The number of amides is 1. The Labute approximate surface area is 211 Å². The van der Waals surface area contributed by atoms with Gasteiger partial charge < -0.3 is 14.0 Å². The zero-order chi connectivity index (χ0) is 25.7. The van der Waals surface area contributed by atoms with Crippen molar-refractivity contribution in [1.29, 1.82) is 5.26 Å². The normalized spacial score (nSPS) is 11.8. The highest BCUT2D eigenvalue weighted by Gasteiger charge is 2.18. The Balaban J connectivity index is 1.54. The van der Waals surface area contributed by atoms with E-state index in [1.807, 2.05) is 59.3 Å². The minimum atomic E-state index is -3.60. The van der Waals surface area contributed by atoms with Crippen molar-refractivity contribution in [2.75, 3.05) is 25.3 Å². The summed E-state index contributed by atoms with van der Waals surface area (Å²) in [7, 11) is -2.01. The predicted octanol–water partition coefficient (Wildman–Crippen LogP) is 3.53. The number of hydrogen-bond donors (Lipinski definition) is 1. The first-order valence-electron chi connectivity index (χ1n) is 10.6. The van der Waals surface area contributed by atoms with Crippen LogP contribution in [0.4, 0.5) is 5.13 Å². The van der Waals surface area contributed by atoms with Crippen molar-refractivity contribution in [3.05, 3.63) is 65.9 Å². The number of carbonyl (C=O) groups excluding carboxylic acids is 1. The number of para-hydroxylation sites is 1. The second kappa shape index (κ2) is 10.6. The quantitative estimate of drug-likeness (QED) is 0.260. The minimum Gasteiger partial charge on any atom is -0.497 e. The molecule has 1 amide bonds. The van der Waals surface area contributed by atoms with Crippen LogP contribution in [0.25, 0.3) is 17.0 Å². The summed E-state index contributed by atoms with van der Waals surface area (Å²) in [4.78, 5) is 16.5. The van der Waals surface area contributed by atoms with E-state index in [2.05, 4.69) is 14.7 Å². The minimum absolute atomic E-state index is 0.0151. The Bertz CT molecular complexity index is 1600. The number of nitrogens with one attached hydrogen (secondary N) is 1. The second-order valence-corrected chi connectivity index (χ2v) is 10.3. The van der Waals surface area contributed by atoms with Gasteiger partial charge in [-0.3, -0.25) is 10.1 Å². The summed E-state index contributed by atoms with van der Waals surface area (Å²) in [5, 5.41) is 12.5. The van der Waals surface area contributed by atoms with E-state index in [-0.39, 0.29) is 15.9 Å². The summed E-state index contributed by atoms with van der Waals surface area (Å²) in [5.74, 6) is 0.673. The van der Waals surface area contributed by atoms with Crippen molar-refractivity contribution >= 4 is 49.4 Å². The van der Waals surface area contributed by atoms with E-state index < -0.39 is 15.7 Å². The molecule has 0 aliphatic carbocycles. The van der Waals surface area contributed by atoms with Gasteiger partial charge in [0.05, 0.1) is 13.7 Å². The van der Waals surface area contributed by atoms with E-state index in [0.29, 0.717) is 30.2 Å². The standard InChI is InChI=1S/C24H21N5O5S2/c1-33-18-6-5-7-19(13-18)34-11-10-29-15-17(20-8-3-4-9-21(20)29)12-16(14-25)22(30)26-23-27-24(28-35-23)36(2,31)32/h3-9,12-13,15H,10-11H2,1-2H3,(H,26,27,28,30)/b16-12-. The van der Waals surface area contributed by atoms with Gasteiger partial charge in [0.15, 0.2) is 0 Å². The summed E-state index contributed by atoms with van der Waals surface area (Å²) in [6.07, 6.45) is 4.30. The number of methoxy groups -OCH3 is 1. The van der Waals surface area contributed by atoms with Crippen molar-refractivity contribution < 1.29 is 22.7 Å². The highest BCUT2D eigenvalue weighted by atomic mass is 32.2. The molecular formula is C24H21N5O5S2. The fourth-order valence-corrected chi connectivity index (χ4v) is 4.85. The lowest BCUT2D eigenvalue weighted by Crippen LogP contribution is -2.13. The summed E-state index contributed by atoms with van der Waals surface area (Å²) < 4.78 is 39.9. The van der Waals surface area contributed by atoms with Crippen molar-refractivity contribution in [1.82, 2.24) is 13.9 Å². The largest absolute Gasteiger partial charge is 0.497 e. The van der Waals surface area contributed by atoms with Gasteiger partial charge in [0.2, 0.25) is 15.0 Å². The Morgan fingerprint density at radius 3 is 2.72 bits per heavy atom. The van der Waals surface area contributed by atoms with E-state index in [9.17, 15) is 18.5 Å². The number of rotatable bonds is 9. The number of carbonyl (C=O) groups is 1. The third-order valence-electron chi connectivity index (χ3n) is 5.09. The summed E-state index contributed by atoms with van der Waals surface area (Å²) >= 11 is 0.720. The molecule has 2 aromatic heterocycles. The molecule has 4 aromatic rings. The first-order chi connectivity index (χ1) is 17.3. The lowest BCUT2D eigenvalue weighted by Gasteiger charge is -2.09. The number of hydrogen-bond acceptors (Lipinski definition) is 9. The Morgan fingerprint density at radius 1 is 1.22 bits per heavy atom. The highest BCUT2D eigenvalue weighted by Crippen LogP contribution is 2.25. The molecular weight excluding hydrogens is 502 g/mol. The summed E-state index contributed by atoms with van der Waals surface area (Å²) in [6.45, 7) is 0.916. The van der Waals surface area contributed by atoms with Crippen molar-refractivity contribution in [2.45, 2.75) is 11.7 Å². The molecule has 4 rings (SSSR count). The average molecular weight is 524 g/mol. The van der Waals surface area contributed by atoms with E-state index >= 15 is 0 Å². The van der Waals surface area contributed by atoms with Crippen LogP contribution in [0.15, 0.2) is 65.5 Å². The van der Waals surface area contributed by atoms with Gasteiger partial charge in [-0.05, 0) is 24.3 Å². The Morgan fingerprint density at radius 2 is 2.00 bits per heavy atom. The number of anilines is 1. The van der Waals surface area contributed by atoms with Gasteiger partial charge in [0.25, 0.3) is 11.1 Å². The topological polar surface area (TPSA) is 136 Å². The van der Waals surface area contributed by atoms with Gasteiger partial charge in [0, 0.05) is 46.5 Å². The van der Waals surface area contributed by atoms with E-state index in [1.165, 1.54) is 6.08 Å². The van der Waals surface area contributed by atoms with Gasteiger partial charge in [0.1, 0.15) is 29.7 Å². The number of benzene rings is 2. The van der Waals surface area contributed by atoms with Crippen molar-refractivity contribution in [3.8, 4) is 17.6 Å². The summed E-state index contributed by atoms with van der Waals surface area (Å²) in [6, 6.07) is 16.9. The van der Waals surface area contributed by atoms with Gasteiger partial charge in [-0.2, -0.15) is 14.6 Å². The van der Waals surface area contributed by atoms with Crippen LogP contribution in [0.3, 0.4) is 0 Å². The molecule has 1 N–H and O–H groups in total. The molecule has 2 aromatic carbocycles. The van der Waals surface area contributed by atoms with E-state index in [4.69, 9.17) is 9.47 Å². The van der Waals surface area contributed by atoms with Crippen LogP contribution in [0.5, 0.6) is 11.5 Å². The molecule has 0 fully saturated rings. The molecule has 0 aliphatic rings. The molecule has 12 heteroatoms. The predicted molar refractivity (Wildman–Crippen MR) is 136 cm³/mol. The zero-order valence-corrected chi connectivity index (χ0v) is 21.0. The van der Waals surface area contributed by atoms with Gasteiger partial charge >= 0.3 is 0 Å². The Kier molecular flexibility index (Phi) is 7.33. The fourth-order valence-electron chi connectivity index (χ4n) is 3.41. The van der Waals surface area contributed by atoms with Crippen LogP contribution in [-0.4, -0.2) is 48.2 Å². The fraction of sp³-hybridized carbons (Fsp3) is 0.167. The second-order valence-electron chi connectivity index (χ2n) is 7.60. The monoisotopic (exact) mass is 523 g/mol. The molecule has 0 atom stereocenters. The molecule has 36 heavy (non-hydrogen) atoms. The number of fused-ring (bicyclic) bond motifs is 1. The van der Waals surface area contributed by atoms with Crippen LogP contribution >= 0.6 is 11.5 Å². The first kappa shape index (κ1) is 24.9. The maximum absolute atomic E-state index is 12.7. The van der Waals surface area contributed by atoms with Crippen LogP contribution in [0, 0.1) is 11.3 Å². The van der Waals surface area contributed by atoms with E-state index in [0.717, 1.165) is 28.7 Å². The van der Waals surface area contributed by atoms with Crippen LogP contribution < -0.4 is 14.8 Å². The van der Waals surface area contributed by atoms with Gasteiger partial charge in [-0.1, -0.05) is 24.3 Å². The Hall–Kier alpha value is -4.21. The third kappa shape index (κ3) is 5.70. The van der Waals surface area contributed by atoms with Crippen molar-refractivity contribution in [2.24, 2.45) is 0 Å². The van der Waals surface area contributed by atoms with Crippen LogP contribution in [-0.2, 0) is 21.2 Å². The molecule has 184 valence electrons. The molecule has 0 saturated carbocycles. The average Bonchev–Trinajstić information content (AvgIpc) is 3.48. The molecule has 2 heterocycles. The molecule has 0 radical (unpaired) electrons. The first-order valence-corrected chi connectivity index (χ1v) is 13.3. The van der Waals surface area contributed by atoms with Crippen molar-refractivity contribution in [3.63, 3.8) is 0 Å². The molecule has 0 saturated heterocycles. The number of sulfone groups is 1. The SMILES string of the molecule is COc1cccc(OCCn2cc(/C=C(/C#N)C(=O)Nc3nc(S(C)(=O)=O)ns3)c3ccccc32)c1. The lowest BCUT2D eigenvalue weighted by molar-refractivity contribution is -0.112. The van der Waals surface area contributed by atoms with Crippen LogP contribution in [0.2, 0.25) is 0 Å². The number of nitriles is 1. The maximum atomic E-state index is 12.7. The highest BCUT2D eigenvalue weighted by molar-refractivity contribution is 7.90. The molecule has 0 spiro atoms. The number of ether oxygens (including phenoxy) is 2. The van der Waals surface area contributed by atoms with Gasteiger partial charge in [-0.25, -0.2) is 8.42 Å². The van der Waals surface area contributed by atoms with E-state index in [1.54, 1.807) is 13.2 Å². The summed E-state index contributed by atoms with van der Waals surface area (Å²) in [5.41, 5.74) is 1.42. The lowest BCUT2D eigenvalue weighted by atomic mass is 10.1. The van der Waals surface area contributed by atoms with Gasteiger partial charge in [-0.15, -0.1) is 0 Å². The maximum Gasteiger partial charge on any atom is 0.268 e. The third-order valence-corrected chi connectivity index (χ3v) is 6.68. The smallest absolute Gasteiger partial charge is 0.268 e. The molecule has 0 aliphatic heterocycles. The molecule has 0 unspecified atom stereocenters. The number of nitrogens with zero attached hydrogens (tertiary/aromatic N) is 4. The zero-order valence-electron chi connectivity index (χ0n) is 19.3. The number of aromatic nitrogens is 3. The van der Waals surface area contributed by atoms with Crippen LogP contribution in [0.1, 0.15) is 5.56 Å². The molecule has 10 nitrogen and oxygen atoms in total.